The average molecular weight is 731 g/mol. The molecular formula is C24H19I2N3O4S2. The lowest BCUT2D eigenvalue weighted by molar-refractivity contribution is -0.113. The molecule has 1 aromatic heterocycles. The third kappa shape index (κ3) is 6.57. The molecule has 0 atom stereocenters. The van der Waals surface area contributed by atoms with Crippen LogP contribution in [0.2, 0.25) is 0 Å². The van der Waals surface area contributed by atoms with E-state index in [-0.39, 0.29) is 17.4 Å². The molecule has 1 heterocycles. The summed E-state index contributed by atoms with van der Waals surface area (Å²) < 4.78 is 14.1. The van der Waals surface area contributed by atoms with E-state index in [0.29, 0.717) is 22.7 Å². The number of phenols is 1. The fourth-order valence-electron chi connectivity index (χ4n) is 3.09. The Labute approximate surface area is 237 Å². The predicted molar refractivity (Wildman–Crippen MR) is 159 cm³/mol. The Bertz CT molecular complexity index is 1430. The minimum atomic E-state index is -0.168. The van der Waals surface area contributed by atoms with Crippen molar-refractivity contribution in [2.24, 2.45) is 4.99 Å². The molecule has 2 N–H and O–H groups in total. The SMILES string of the molecule is COc1ccc(OC)c(NC(=O)CSc2nc3ccc(N=Cc4cc(I)cc(I)c4O)cc3s2)c1. The van der Waals surface area contributed by atoms with Crippen molar-refractivity contribution in [1.29, 1.82) is 0 Å². The van der Waals surface area contributed by atoms with E-state index in [2.05, 4.69) is 60.5 Å². The molecule has 7 nitrogen and oxygen atoms in total. The normalized spacial score (nSPS) is 11.2. The number of phenolic OH excluding ortho intramolecular Hbond substituents is 1. The topological polar surface area (TPSA) is 93.0 Å². The maximum Gasteiger partial charge on any atom is 0.234 e. The molecule has 0 radical (unpaired) electrons. The first kappa shape index (κ1) is 26.0. The lowest BCUT2D eigenvalue weighted by atomic mass is 10.2. The van der Waals surface area contributed by atoms with Crippen LogP contribution in [0.25, 0.3) is 10.2 Å². The van der Waals surface area contributed by atoms with Crippen LogP contribution in [0.4, 0.5) is 11.4 Å². The fourth-order valence-corrected chi connectivity index (χ4v) is 6.88. The molecule has 0 fully saturated rings. The van der Waals surface area contributed by atoms with Gasteiger partial charge in [-0.3, -0.25) is 9.79 Å². The van der Waals surface area contributed by atoms with Crippen LogP contribution in [0, 0.1) is 7.14 Å². The second kappa shape index (κ2) is 11.8. The quantitative estimate of drug-likeness (QED) is 0.119. The van der Waals surface area contributed by atoms with Gasteiger partial charge in [-0.1, -0.05) is 11.8 Å². The van der Waals surface area contributed by atoms with E-state index >= 15 is 0 Å². The smallest absolute Gasteiger partial charge is 0.234 e. The van der Waals surface area contributed by atoms with Crippen LogP contribution in [0.3, 0.4) is 0 Å². The minimum absolute atomic E-state index is 0.168. The summed E-state index contributed by atoms with van der Waals surface area (Å²) >= 11 is 7.19. The first-order valence-electron chi connectivity index (χ1n) is 10.1. The third-order valence-corrected chi connectivity index (χ3v) is 8.38. The van der Waals surface area contributed by atoms with Crippen LogP contribution in [-0.2, 0) is 4.79 Å². The first-order valence-corrected chi connectivity index (χ1v) is 14.1. The number of hydrogen-bond donors (Lipinski definition) is 2. The summed E-state index contributed by atoms with van der Waals surface area (Å²) in [4.78, 5) is 21.7. The van der Waals surface area contributed by atoms with Crippen molar-refractivity contribution in [3.63, 3.8) is 0 Å². The first-order chi connectivity index (χ1) is 16.9. The van der Waals surface area contributed by atoms with Gasteiger partial charge in [0, 0.05) is 21.4 Å². The molecule has 0 aliphatic heterocycles. The maximum atomic E-state index is 12.5. The molecule has 1 amide bonds. The highest BCUT2D eigenvalue weighted by atomic mass is 127. The Morgan fingerprint density at radius 3 is 2.77 bits per heavy atom. The second-order valence-corrected chi connectivity index (χ2v) is 11.8. The van der Waals surface area contributed by atoms with Gasteiger partial charge in [0.05, 0.1) is 45.1 Å². The Morgan fingerprint density at radius 1 is 1.17 bits per heavy atom. The Hall–Kier alpha value is -2.10. The number of carbonyl (C=O) groups excluding carboxylic acids is 1. The van der Waals surface area contributed by atoms with Gasteiger partial charge in [0.2, 0.25) is 5.91 Å². The van der Waals surface area contributed by atoms with Crippen LogP contribution in [0.5, 0.6) is 17.2 Å². The summed E-state index contributed by atoms with van der Waals surface area (Å²) in [5.41, 5.74) is 2.82. The lowest BCUT2D eigenvalue weighted by Crippen LogP contribution is -2.14. The van der Waals surface area contributed by atoms with Gasteiger partial charge in [0.25, 0.3) is 0 Å². The van der Waals surface area contributed by atoms with Crippen LogP contribution < -0.4 is 14.8 Å². The predicted octanol–water partition coefficient (Wildman–Crippen LogP) is 6.71. The van der Waals surface area contributed by atoms with Crippen molar-refractivity contribution < 1.29 is 19.4 Å². The number of nitrogens with zero attached hydrogens (tertiary/aromatic N) is 2. The Kier molecular flexibility index (Phi) is 8.73. The van der Waals surface area contributed by atoms with Crippen molar-refractivity contribution in [2.45, 2.75) is 4.34 Å². The van der Waals surface area contributed by atoms with Crippen molar-refractivity contribution in [1.82, 2.24) is 4.98 Å². The zero-order chi connectivity index (χ0) is 24.9. The number of benzene rings is 3. The number of halogens is 2. The number of anilines is 1. The largest absolute Gasteiger partial charge is 0.506 e. The average Bonchev–Trinajstić information content (AvgIpc) is 3.26. The third-order valence-electron chi connectivity index (χ3n) is 4.77. The van der Waals surface area contributed by atoms with Crippen molar-refractivity contribution in [2.75, 3.05) is 25.3 Å². The van der Waals surface area contributed by atoms with E-state index in [1.54, 1.807) is 38.6 Å². The number of thiazole rings is 1. The number of methoxy groups -OCH3 is 2. The zero-order valence-corrected chi connectivity index (χ0v) is 24.5. The molecular weight excluding hydrogens is 712 g/mol. The summed E-state index contributed by atoms with van der Waals surface area (Å²) in [6.45, 7) is 0. The second-order valence-electron chi connectivity index (χ2n) is 7.12. The molecule has 0 saturated heterocycles. The van der Waals surface area contributed by atoms with Crippen LogP contribution >= 0.6 is 68.3 Å². The molecule has 4 rings (SSSR count). The van der Waals surface area contributed by atoms with E-state index in [4.69, 9.17) is 9.47 Å². The molecule has 0 saturated carbocycles. The van der Waals surface area contributed by atoms with Gasteiger partial charge in [-0.2, -0.15) is 0 Å². The van der Waals surface area contributed by atoms with Gasteiger partial charge in [-0.05, 0) is 87.6 Å². The molecule has 0 spiro atoms. The number of aromatic nitrogens is 1. The highest BCUT2D eigenvalue weighted by Gasteiger charge is 2.12. The molecule has 0 unspecified atom stereocenters. The highest BCUT2D eigenvalue weighted by Crippen LogP contribution is 2.33. The number of amides is 1. The van der Waals surface area contributed by atoms with E-state index in [0.717, 1.165) is 27.4 Å². The monoisotopic (exact) mass is 731 g/mol. The van der Waals surface area contributed by atoms with Gasteiger partial charge in [-0.15, -0.1) is 11.3 Å². The summed E-state index contributed by atoms with van der Waals surface area (Å²) in [5.74, 6) is 1.45. The van der Waals surface area contributed by atoms with Crippen molar-refractivity contribution in [3.05, 3.63) is 61.2 Å². The van der Waals surface area contributed by atoms with Gasteiger partial charge < -0.3 is 19.9 Å². The molecule has 0 aliphatic carbocycles. The highest BCUT2D eigenvalue weighted by molar-refractivity contribution is 14.1. The molecule has 180 valence electrons. The molecule has 0 aliphatic rings. The number of rotatable bonds is 8. The molecule has 4 aromatic rings. The van der Waals surface area contributed by atoms with E-state index in [1.807, 2.05) is 30.3 Å². The summed E-state index contributed by atoms with van der Waals surface area (Å²) in [5, 5.41) is 13.1. The van der Waals surface area contributed by atoms with Crippen molar-refractivity contribution >= 4 is 102 Å². The number of carbonyl (C=O) groups is 1. The Balaban J connectivity index is 1.43. The van der Waals surface area contributed by atoms with Crippen LogP contribution in [0.15, 0.2) is 57.9 Å². The fraction of sp³-hybridized carbons (Fsp3) is 0.125. The lowest BCUT2D eigenvalue weighted by Gasteiger charge is -2.11. The minimum Gasteiger partial charge on any atom is -0.506 e. The molecule has 0 bridgehead atoms. The van der Waals surface area contributed by atoms with Gasteiger partial charge in [-0.25, -0.2) is 4.98 Å². The van der Waals surface area contributed by atoms with E-state index < -0.39 is 0 Å². The zero-order valence-electron chi connectivity index (χ0n) is 18.5. The number of thioether (sulfide) groups is 1. The number of fused-ring (bicyclic) bond motifs is 1. The van der Waals surface area contributed by atoms with E-state index in [9.17, 15) is 9.90 Å². The summed E-state index contributed by atoms with van der Waals surface area (Å²) in [6, 6.07) is 14.8. The molecule has 11 heteroatoms. The number of aromatic hydroxyl groups is 1. The maximum absolute atomic E-state index is 12.5. The van der Waals surface area contributed by atoms with Crippen LogP contribution in [0.1, 0.15) is 5.56 Å². The number of ether oxygens (including phenoxy) is 2. The van der Waals surface area contributed by atoms with Crippen molar-refractivity contribution in [3.8, 4) is 17.2 Å². The summed E-state index contributed by atoms with van der Waals surface area (Å²) in [7, 11) is 3.12. The van der Waals surface area contributed by atoms with Crippen LogP contribution in [-0.4, -0.2) is 42.2 Å². The summed E-state index contributed by atoms with van der Waals surface area (Å²) in [6.07, 6.45) is 1.66. The van der Waals surface area contributed by atoms with Gasteiger partial charge >= 0.3 is 0 Å². The number of aliphatic imine (C=N–C) groups is 1. The van der Waals surface area contributed by atoms with E-state index in [1.165, 1.54) is 23.1 Å². The molecule has 3 aromatic carbocycles. The number of nitrogens with one attached hydrogen (secondary N) is 1. The van der Waals surface area contributed by atoms with Gasteiger partial charge in [0.15, 0.2) is 4.34 Å². The standard InChI is InChI=1S/C24H19I2N3O4S2/c1-32-16-4-6-20(33-2)19(10-16)28-22(30)12-34-24-29-18-5-3-15(9-21(18)35-24)27-11-13-7-14(25)8-17(26)23(13)31/h3-11,31H,12H2,1-2H3,(H,28,30). The van der Waals surface area contributed by atoms with Gasteiger partial charge in [0.1, 0.15) is 17.2 Å². The number of hydrogen-bond acceptors (Lipinski definition) is 8. The Morgan fingerprint density at radius 2 is 2.00 bits per heavy atom. The molecule has 35 heavy (non-hydrogen) atoms.